The molecule has 0 aliphatic rings. The van der Waals surface area contributed by atoms with Gasteiger partial charge in [-0.2, -0.15) is 0 Å². The smallest absolute Gasteiger partial charge is 0.0350 e. The summed E-state index contributed by atoms with van der Waals surface area (Å²) >= 11 is 0. The van der Waals surface area contributed by atoms with E-state index in [0.717, 1.165) is 0 Å². The van der Waals surface area contributed by atoms with E-state index in [1.54, 1.807) is 0 Å². The Labute approximate surface area is 77.1 Å². The summed E-state index contributed by atoms with van der Waals surface area (Å²) < 4.78 is 0. The van der Waals surface area contributed by atoms with Crippen LogP contribution in [-0.2, 0) is 0 Å². The zero-order valence-electron chi connectivity index (χ0n) is 9.58. The van der Waals surface area contributed by atoms with Crippen LogP contribution in [0.3, 0.4) is 0 Å². The molecule has 0 aliphatic carbocycles. The number of hydrogen-bond donors (Lipinski definition) is 2. The fraction of sp³-hybridized carbons (Fsp3) is 1.00. The first-order valence-corrected chi connectivity index (χ1v) is 4.69. The van der Waals surface area contributed by atoms with Crippen molar-refractivity contribution in [1.82, 2.24) is 10.6 Å². The number of rotatable bonds is 4. The summed E-state index contributed by atoms with van der Waals surface area (Å²) in [5.74, 6) is 0.602. The van der Waals surface area contributed by atoms with Crippen molar-refractivity contribution in [3.05, 3.63) is 0 Å². The van der Waals surface area contributed by atoms with Crippen LogP contribution in [0.1, 0.15) is 34.6 Å². The molecule has 0 spiro atoms. The third-order valence-corrected chi connectivity index (χ3v) is 3.60. The van der Waals surface area contributed by atoms with E-state index in [4.69, 9.17) is 0 Å². The molecule has 2 N–H and O–H groups in total. The third-order valence-electron chi connectivity index (χ3n) is 3.60. The molecular weight excluding hydrogens is 148 g/mol. The molecule has 0 aromatic carbocycles. The van der Waals surface area contributed by atoms with Crippen molar-refractivity contribution in [2.75, 3.05) is 14.1 Å². The standard InChI is InChI=1S/C10H24N2/c1-8(2)10(5,12-7)9(3,4)11-6/h8,11-12H,1-7H3. The van der Waals surface area contributed by atoms with Crippen molar-refractivity contribution in [2.45, 2.75) is 45.7 Å². The molecule has 1 atom stereocenters. The first kappa shape index (κ1) is 11.9. The Bertz CT molecular complexity index is 141. The lowest BCUT2D eigenvalue weighted by atomic mass is 9.73. The maximum absolute atomic E-state index is 3.41. The highest BCUT2D eigenvalue weighted by atomic mass is 15.1. The van der Waals surface area contributed by atoms with Gasteiger partial charge in [-0.15, -0.1) is 0 Å². The van der Waals surface area contributed by atoms with E-state index in [1.165, 1.54) is 0 Å². The van der Waals surface area contributed by atoms with Gasteiger partial charge in [0.1, 0.15) is 0 Å². The number of likely N-dealkylation sites (N-methyl/N-ethyl adjacent to an activating group) is 2. The fourth-order valence-corrected chi connectivity index (χ4v) is 1.58. The van der Waals surface area contributed by atoms with Gasteiger partial charge in [-0.25, -0.2) is 0 Å². The average Bonchev–Trinajstić information content (AvgIpc) is 2.02. The minimum absolute atomic E-state index is 0.107. The fourth-order valence-electron chi connectivity index (χ4n) is 1.58. The molecule has 0 aliphatic heterocycles. The lowest BCUT2D eigenvalue weighted by molar-refractivity contribution is 0.139. The maximum Gasteiger partial charge on any atom is 0.0350 e. The molecule has 2 nitrogen and oxygen atoms in total. The van der Waals surface area contributed by atoms with Gasteiger partial charge in [0.2, 0.25) is 0 Å². The predicted octanol–water partition coefficient (Wildman–Crippen LogP) is 1.62. The van der Waals surface area contributed by atoms with Crippen LogP contribution >= 0.6 is 0 Å². The van der Waals surface area contributed by atoms with E-state index in [0.29, 0.717) is 5.92 Å². The molecule has 0 aromatic heterocycles. The summed E-state index contributed by atoms with van der Waals surface area (Å²) in [6, 6.07) is 0. The van der Waals surface area contributed by atoms with E-state index in [9.17, 15) is 0 Å². The molecule has 0 rings (SSSR count). The van der Waals surface area contributed by atoms with Crippen molar-refractivity contribution in [3.63, 3.8) is 0 Å². The van der Waals surface area contributed by atoms with Gasteiger partial charge < -0.3 is 10.6 Å². The summed E-state index contributed by atoms with van der Waals surface area (Å²) in [6.07, 6.45) is 0. The zero-order valence-corrected chi connectivity index (χ0v) is 9.58. The highest BCUT2D eigenvalue weighted by Gasteiger charge is 2.40. The second-order valence-electron chi connectivity index (χ2n) is 4.48. The quantitative estimate of drug-likeness (QED) is 0.673. The van der Waals surface area contributed by atoms with Crippen LogP contribution in [0.2, 0.25) is 0 Å². The van der Waals surface area contributed by atoms with E-state index in [2.05, 4.69) is 45.3 Å². The second kappa shape index (κ2) is 3.75. The third kappa shape index (κ3) is 1.80. The van der Waals surface area contributed by atoms with Crippen molar-refractivity contribution in [2.24, 2.45) is 5.92 Å². The molecule has 0 bridgehead atoms. The Morgan fingerprint density at radius 3 is 1.42 bits per heavy atom. The minimum Gasteiger partial charge on any atom is -0.313 e. The lowest BCUT2D eigenvalue weighted by Crippen LogP contribution is -2.65. The summed E-state index contributed by atoms with van der Waals surface area (Å²) in [5.41, 5.74) is 0.234. The van der Waals surface area contributed by atoms with Crippen LogP contribution in [-0.4, -0.2) is 25.2 Å². The monoisotopic (exact) mass is 172 g/mol. The van der Waals surface area contributed by atoms with Crippen molar-refractivity contribution < 1.29 is 0 Å². The Balaban J connectivity index is 4.74. The van der Waals surface area contributed by atoms with Crippen molar-refractivity contribution >= 4 is 0 Å². The summed E-state index contributed by atoms with van der Waals surface area (Å²) in [6.45, 7) is 11.2. The van der Waals surface area contributed by atoms with Crippen LogP contribution in [0.5, 0.6) is 0 Å². The largest absolute Gasteiger partial charge is 0.313 e. The molecule has 74 valence electrons. The Kier molecular flexibility index (Phi) is 3.73. The summed E-state index contributed by atoms with van der Waals surface area (Å²) in [7, 11) is 4.04. The van der Waals surface area contributed by atoms with E-state index < -0.39 is 0 Å². The predicted molar refractivity (Wildman–Crippen MR) is 55.4 cm³/mol. The highest BCUT2D eigenvalue weighted by Crippen LogP contribution is 2.28. The van der Waals surface area contributed by atoms with Crippen LogP contribution < -0.4 is 10.6 Å². The van der Waals surface area contributed by atoms with Gasteiger partial charge in [0.25, 0.3) is 0 Å². The molecule has 0 heterocycles. The van der Waals surface area contributed by atoms with Crippen molar-refractivity contribution in [3.8, 4) is 0 Å². The van der Waals surface area contributed by atoms with Crippen LogP contribution in [0, 0.1) is 5.92 Å². The molecule has 0 saturated heterocycles. The molecule has 0 aromatic rings. The lowest BCUT2D eigenvalue weighted by Gasteiger charge is -2.47. The molecule has 0 radical (unpaired) electrons. The number of nitrogens with one attached hydrogen (secondary N) is 2. The Morgan fingerprint density at radius 2 is 1.33 bits per heavy atom. The van der Waals surface area contributed by atoms with Gasteiger partial charge in [-0.3, -0.25) is 0 Å². The molecule has 12 heavy (non-hydrogen) atoms. The molecule has 1 unspecified atom stereocenters. The summed E-state index contributed by atoms with van der Waals surface area (Å²) in [4.78, 5) is 0. The van der Waals surface area contributed by atoms with E-state index in [-0.39, 0.29) is 11.1 Å². The van der Waals surface area contributed by atoms with E-state index >= 15 is 0 Å². The topological polar surface area (TPSA) is 24.1 Å². The molecule has 2 heteroatoms. The van der Waals surface area contributed by atoms with Crippen molar-refractivity contribution in [1.29, 1.82) is 0 Å². The van der Waals surface area contributed by atoms with Gasteiger partial charge in [-0.05, 0) is 40.8 Å². The van der Waals surface area contributed by atoms with Gasteiger partial charge in [0.05, 0.1) is 0 Å². The molecule has 0 fully saturated rings. The van der Waals surface area contributed by atoms with Crippen LogP contribution in [0.15, 0.2) is 0 Å². The summed E-state index contributed by atoms with van der Waals surface area (Å²) in [5, 5.41) is 6.76. The first-order valence-electron chi connectivity index (χ1n) is 4.69. The zero-order chi connectivity index (χ0) is 9.99. The molecule has 0 saturated carbocycles. The minimum atomic E-state index is 0.107. The Hall–Kier alpha value is -0.0800. The van der Waals surface area contributed by atoms with Gasteiger partial charge in [0, 0.05) is 11.1 Å². The van der Waals surface area contributed by atoms with Gasteiger partial charge >= 0.3 is 0 Å². The normalized spacial score (nSPS) is 18.0. The SMILES string of the molecule is CNC(C)(C)C(C)(NC)C(C)C. The molecular formula is C10H24N2. The Morgan fingerprint density at radius 1 is 0.917 bits per heavy atom. The van der Waals surface area contributed by atoms with Crippen LogP contribution in [0.25, 0.3) is 0 Å². The number of hydrogen-bond acceptors (Lipinski definition) is 2. The van der Waals surface area contributed by atoms with Crippen LogP contribution in [0.4, 0.5) is 0 Å². The average molecular weight is 172 g/mol. The second-order valence-corrected chi connectivity index (χ2v) is 4.48. The highest BCUT2D eigenvalue weighted by molar-refractivity contribution is 5.03. The molecule has 0 amide bonds. The van der Waals surface area contributed by atoms with E-state index in [1.807, 2.05) is 14.1 Å². The first-order chi connectivity index (χ1) is 5.31. The maximum atomic E-state index is 3.41. The van der Waals surface area contributed by atoms with Gasteiger partial charge in [-0.1, -0.05) is 13.8 Å². The van der Waals surface area contributed by atoms with Gasteiger partial charge in [0.15, 0.2) is 0 Å².